The number of hydrogen-bond donors (Lipinski definition) is 4. The summed E-state index contributed by atoms with van der Waals surface area (Å²) in [7, 11) is 0. The summed E-state index contributed by atoms with van der Waals surface area (Å²) in [6, 6.07) is 25.9. The maximum Gasteiger partial charge on any atom is 0.247 e. The SMILES string of the molecule is CC(C)C[C@H](CC(=O)NO)C(=O)N[C@H](C(=O)NCc1ccccc1)c1ccc(-c2ccccc2)cc1. The smallest absolute Gasteiger partial charge is 0.247 e. The predicted octanol–water partition coefficient (Wildman–Crippen LogP) is 4.39. The fraction of sp³-hybridized carbons (Fsp3) is 0.276. The Morgan fingerprint density at radius 2 is 1.36 bits per heavy atom. The number of benzene rings is 3. The third-order valence-electron chi connectivity index (χ3n) is 5.89. The van der Waals surface area contributed by atoms with Gasteiger partial charge in [0.05, 0.1) is 0 Å². The molecule has 2 atom stereocenters. The third-order valence-corrected chi connectivity index (χ3v) is 5.89. The number of hydrogen-bond acceptors (Lipinski definition) is 4. The number of carbonyl (C=O) groups excluding carboxylic acids is 3. The van der Waals surface area contributed by atoms with Crippen LogP contribution in [0.3, 0.4) is 0 Å². The van der Waals surface area contributed by atoms with Crippen molar-refractivity contribution in [3.63, 3.8) is 0 Å². The van der Waals surface area contributed by atoms with Gasteiger partial charge >= 0.3 is 0 Å². The second kappa shape index (κ2) is 13.2. The third kappa shape index (κ3) is 7.78. The molecule has 0 saturated heterocycles. The lowest BCUT2D eigenvalue weighted by Crippen LogP contribution is -2.43. The minimum atomic E-state index is -0.946. The highest BCUT2D eigenvalue weighted by Gasteiger charge is 2.29. The van der Waals surface area contributed by atoms with E-state index in [9.17, 15) is 14.4 Å². The zero-order valence-corrected chi connectivity index (χ0v) is 20.6. The largest absolute Gasteiger partial charge is 0.350 e. The van der Waals surface area contributed by atoms with Gasteiger partial charge in [0.25, 0.3) is 0 Å². The Balaban J connectivity index is 1.83. The van der Waals surface area contributed by atoms with Gasteiger partial charge in [-0.2, -0.15) is 0 Å². The van der Waals surface area contributed by atoms with Crippen LogP contribution in [0.2, 0.25) is 0 Å². The molecule has 0 spiro atoms. The van der Waals surface area contributed by atoms with E-state index in [0.717, 1.165) is 16.7 Å². The van der Waals surface area contributed by atoms with Crippen molar-refractivity contribution in [3.05, 3.63) is 96.1 Å². The predicted molar refractivity (Wildman–Crippen MR) is 139 cm³/mol. The monoisotopic (exact) mass is 487 g/mol. The van der Waals surface area contributed by atoms with Gasteiger partial charge in [-0.1, -0.05) is 98.8 Å². The van der Waals surface area contributed by atoms with Crippen LogP contribution < -0.4 is 16.1 Å². The summed E-state index contributed by atoms with van der Waals surface area (Å²) in [6.07, 6.45) is 0.260. The molecule has 0 aliphatic rings. The maximum atomic E-state index is 13.3. The summed E-state index contributed by atoms with van der Waals surface area (Å²) in [5.41, 5.74) is 5.20. The first kappa shape index (κ1) is 26.6. The van der Waals surface area contributed by atoms with Gasteiger partial charge in [0.2, 0.25) is 17.7 Å². The highest BCUT2D eigenvalue weighted by Crippen LogP contribution is 2.24. The summed E-state index contributed by atoms with van der Waals surface area (Å²) in [5, 5.41) is 14.7. The Hall–Kier alpha value is -3.97. The van der Waals surface area contributed by atoms with Crippen molar-refractivity contribution in [2.45, 2.75) is 39.3 Å². The number of nitrogens with one attached hydrogen (secondary N) is 3. The summed E-state index contributed by atoms with van der Waals surface area (Å²) in [4.78, 5) is 38.3. The van der Waals surface area contributed by atoms with Crippen LogP contribution in [0.4, 0.5) is 0 Å². The molecule has 0 saturated carbocycles. The zero-order valence-electron chi connectivity index (χ0n) is 20.6. The van der Waals surface area contributed by atoms with Crippen molar-refractivity contribution in [2.75, 3.05) is 0 Å². The number of carbonyl (C=O) groups is 3. The Kier molecular flexibility index (Phi) is 9.77. The van der Waals surface area contributed by atoms with E-state index < -0.39 is 23.8 Å². The molecular weight excluding hydrogens is 454 g/mol. The van der Waals surface area contributed by atoms with E-state index in [1.165, 1.54) is 0 Å². The average Bonchev–Trinajstić information content (AvgIpc) is 2.90. The molecule has 3 amide bonds. The Morgan fingerprint density at radius 1 is 0.778 bits per heavy atom. The van der Waals surface area contributed by atoms with E-state index in [2.05, 4.69) is 10.6 Å². The molecule has 4 N–H and O–H groups in total. The topological polar surface area (TPSA) is 108 Å². The highest BCUT2D eigenvalue weighted by molar-refractivity contribution is 5.91. The van der Waals surface area contributed by atoms with E-state index in [4.69, 9.17) is 5.21 Å². The number of amides is 3. The molecule has 188 valence electrons. The molecule has 3 rings (SSSR count). The number of hydroxylamine groups is 1. The van der Waals surface area contributed by atoms with Crippen LogP contribution in [0.5, 0.6) is 0 Å². The fourth-order valence-electron chi connectivity index (χ4n) is 4.07. The van der Waals surface area contributed by atoms with Crippen LogP contribution in [0.15, 0.2) is 84.9 Å². The first-order chi connectivity index (χ1) is 17.4. The molecule has 36 heavy (non-hydrogen) atoms. The lowest BCUT2D eigenvalue weighted by molar-refractivity contribution is -0.136. The molecule has 3 aromatic rings. The van der Waals surface area contributed by atoms with Gasteiger partial charge < -0.3 is 10.6 Å². The van der Waals surface area contributed by atoms with Crippen molar-refractivity contribution < 1.29 is 19.6 Å². The van der Waals surface area contributed by atoms with Crippen molar-refractivity contribution in [2.24, 2.45) is 11.8 Å². The zero-order chi connectivity index (χ0) is 25.9. The second-order valence-corrected chi connectivity index (χ2v) is 9.20. The van der Waals surface area contributed by atoms with Gasteiger partial charge in [0.15, 0.2) is 0 Å². The Morgan fingerprint density at radius 3 is 1.94 bits per heavy atom. The minimum Gasteiger partial charge on any atom is -0.350 e. The lowest BCUT2D eigenvalue weighted by atomic mass is 9.92. The van der Waals surface area contributed by atoms with Gasteiger partial charge in [-0.25, -0.2) is 5.48 Å². The van der Waals surface area contributed by atoms with E-state index >= 15 is 0 Å². The molecule has 3 aromatic carbocycles. The van der Waals surface area contributed by atoms with Crippen molar-refractivity contribution in [1.29, 1.82) is 0 Å². The molecular formula is C29H33N3O4. The van der Waals surface area contributed by atoms with Gasteiger partial charge in [-0.15, -0.1) is 0 Å². The fourth-order valence-corrected chi connectivity index (χ4v) is 4.07. The van der Waals surface area contributed by atoms with E-state index in [-0.39, 0.29) is 18.2 Å². The Labute approximate surface area is 211 Å². The normalized spacial score (nSPS) is 12.4. The van der Waals surface area contributed by atoms with Crippen LogP contribution in [0.25, 0.3) is 11.1 Å². The molecule has 0 radical (unpaired) electrons. The van der Waals surface area contributed by atoms with Crippen LogP contribution in [0.1, 0.15) is 43.9 Å². The molecule has 7 nitrogen and oxygen atoms in total. The maximum absolute atomic E-state index is 13.3. The van der Waals surface area contributed by atoms with Crippen LogP contribution >= 0.6 is 0 Å². The van der Waals surface area contributed by atoms with Crippen molar-refractivity contribution in [3.8, 4) is 11.1 Å². The average molecular weight is 488 g/mol. The summed E-state index contributed by atoms with van der Waals surface area (Å²) >= 11 is 0. The summed E-state index contributed by atoms with van der Waals surface area (Å²) in [5.74, 6) is -1.96. The van der Waals surface area contributed by atoms with Crippen molar-refractivity contribution in [1.82, 2.24) is 16.1 Å². The minimum absolute atomic E-state index is 0.141. The molecule has 0 bridgehead atoms. The molecule has 0 aliphatic heterocycles. The molecule has 0 unspecified atom stereocenters. The van der Waals surface area contributed by atoms with E-state index in [0.29, 0.717) is 18.5 Å². The van der Waals surface area contributed by atoms with E-state index in [1.54, 1.807) is 5.48 Å². The molecule has 0 heterocycles. The molecule has 7 heteroatoms. The summed E-state index contributed by atoms with van der Waals surface area (Å²) in [6.45, 7) is 4.21. The first-order valence-corrected chi connectivity index (χ1v) is 12.1. The van der Waals surface area contributed by atoms with Gasteiger partial charge in [-0.05, 0) is 34.6 Å². The Bertz CT molecular complexity index is 1130. The van der Waals surface area contributed by atoms with Crippen LogP contribution in [-0.4, -0.2) is 22.9 Å². The first-order valence-electron chi connectivity index (χ1n) is 12.1. The van der Waals surface area contributed by atoms with Gasteiger partial charge in [0, 0.05) is 18.9 Å². The standard InChI is InChI=1S/C29H33N3O4/c1-20(2)17-25(18-26(33)32-36)28(34)31-27(29(35)30-19-21-9-5-3-6-10-21)24-15-13-23(14-16-24)22-11-7-4-8-12-22/h3-16,20,25,27,36H,17-19H2,1-2H3,(H,30,35)(H,31,34)(H,32,33)/t25-,27+/m1/s1. The van der Waals surface area contributed by atoms with E-state index in [1.807, 2.05) is 98.8 Å². The number of rotatable bonds is 11. The molecule has 0 aromatic heterocycles. The highest BCUT2D eigenvalue weighted by atomic mass is 16.5. The quantitative estimate of drug-likeness (QED) is 0.238. The molecule has 0 fully saturated rings. The second-order valence-electron chi connectivity index (χ2n) is 9.20. The van der Waals surface area contributed by atoms with Crippen LogP contribution in [-0.2, 0) is 20.9 Å². The van der Waals surface area contributed by atoms with Gasteiger partial charge in [-0.3, -0.25) is 19.6 Å². The van der Waals surface area contributed by atoms with Gasteiger partial charge in [0.1, 0.15) is 6.04 Å². The van der Waals surface area contributed by atoms with Crippen molar-refractivity contribution >= 4 is 17.7 Å². The summed E-state index contributed by atoms with van der Waals surface area (Å²) < 4.78 is 0. The lowest BCUT2D eigenvalue weighted by Gasteiger charge is -2.23. The van der Waals surface area contributed by atoms with Crippen LogP contribution in [0, 0.1) is 11.8 Å². The molecule has 0 aliphatic carbocycles.